The Bertz CT molecular complexity index is 359. The molecule has 0 radical (unpaired) electrons. The van der Waals surface area contributed by atoms with Crippen LogP contribution in [0.3, 0.4) is 0 Å². The van der Waals surface area contributed by atoms with Crippen molar-refractivity contribution in [2.45, 2.75) is 25.7 Å². The minimum absolute atomic E-state index is 0.303. The molecule has 88 valence electrons. The highest BCUT2D eigenvalue weighted by molar-refractivity contribution is 7.11. The number of rotatable bonds is 3. The smallest absolute Gasteiger partial charge is 0.367 e. The van der Waals surface area contributed by atoms with Gasteiger partial charge >= 0.3 is 5.97 Å². The molecule has 0 saturated carbocycles. The fraction of sp³-hybridized carbons (Fsp3) is 0.636. The molecule has 0 amide bonds. The summed E-state index contributed by atoms with van der Waals surface area (Å²) >= 11 is 1.38. The van der Waals surface area contributed by atoms with Crippen LogP contribution < -0.4 is 5.32 Å². The highest BCUT2D eigenvalue weighted by atomic mass is 32.1. The van der Waals surface area contributed by atoms with Gasteiger partial charge in [-0.05, 0) is 26.3 Å². The van der Waals surface area contributed by atoms with Gasteiger partial charge in [0, 0.05) is 17.8 Å². The maximum Gasteiger partial charge on any atom is 0.367 e. The van der Waals surface area contributed by atoms with Crippen molar-refractivity contribution in [3.63, 3.8) is 0 Å². The third-order valence-electron chi connectivity index (χ3n) is 2.69. The number of hydrogen-bond donors (Lipinski definition) is 1. The van der Waals surface area contributed by atoms with Gasteiger partial charge in [-0.15, -0.1) is 11.3 Å². The summed E-state index contributed by atoms with van der Waals surface area (Å²) in [5, 5.41) is 5.80. The molecule has 16 heavy (non-hydrogen) atoms. The molecule has 1 atom stereocenters. The summed E-state index contributed by atoms with van der Waals surface area (Å²) in [4.78, 5) is 15.8. The molecule has 1 saturated heterocycles. The maximum atomic E-state index is 11.5. The SMILES string of the molecule is CCOC(=O)c1nc(C2CCCNC2)cs1. The van der Waals surface area contributed by atoms with E-state index in [1.807, 2.05) is 5.38 Å². The lowest BCUT2D eigenvalue weighted by atomic mass is 9.97. The Morgan fingerprint density at radius 2 is 2.62 bits per heavy atom. The first-order valence-corrected chi connectivity index (χ1v) is 6.52. The Labute approximate surface area is 99.0 Å². The number of carbonyl (C=O) groups excluding carboxylic acids is 1. The van der Waals surface area contributed by atoms with E-state index in [1.54, 1.807) is 6.92 Å². The minimum atomic E-state index is -0.303. The predicted octanol–water partition coefficient (Wildman–Crippen LogP) is 1.79. The van der Waals surface area contributed by atoms with Gasteiger partial charge in [-0.25, -0.2) is 9.78 Å². The van der Waals surface area contributed by atoms with E-state index in [0.717, 1.165) is 25.2 Å². The van der Waals surface area contributed by atoms with E-state index in [0.29, 0.717) is 17.5 Å². The molecule has 0 aromatic carbocycles. The van der Waals surface area contributed by atoms with Gasteiger partial charge in [0.2, 0.25) is 5.01 Å². The largest absolute Gasteiger partial charge is 0.461 e. The van der Waals surface area contributed by atoms with E-state index < -0.39 is 0 Å². The fourth-order valence-corrected chi connectivity index (χ4v) is 2.66. The molecule has 2 heterocycles. The lowest BCUT2D eigenvalue weighted by molar-refractivity contribution is 0.0525. The van der Waals surface area contributed by atoms with Gasteiger partial charge in [0.15, 0.2) is 0 Å². The second-order valence-corrected chi connectivity index (χ2v) is 4.70. The molecular formula is C11H16N2O2S. The van der Waals surface area contributed by atoms with Crippen molar-refractivity contribution in [2.75, 3.05) is 19.7 Å². The van der Waals surface area contributed by atoms with Crippen LogP contribution in [0, 0.1) is 0 Å². The number of nitrogens with one attached hydrogen (secondary N) is 1. The van der Waals surface area contributed by atoms with Crippen LogP contribution in [0.25, 0.3) is 0 Å². The monoisotopic (exact) mass is 240 g/mol. The number of hydrogen-bond acceptors (Lipinski definition) is 5. The maximum absolute atomic E-state index is 11.5. The lowest BCUT2D eigenvalue weighted by Gasteiger charge is -2.20. The molecule has 1 aromatic heterocycles. The average molecular weight is 240 g/mol. The van der Waals surface area contributed by atoms with Crippen molar-refractivity contribution >= 4 is 17.3 Å². The van der Waals surface area contributed by atoms with Crippen LogP contribution in [0.2, 0.25) is 0 Å². The number of aromatic nitrogens is 1. The van der Waals surface area contributed by atoms with Crippen molar-refractivity contribution in [1.82, 2.24) is 10.3 Å². The molecule has 0 bridgehead atoms. The van der Waals surface area contributed by atoms with Gasteiger partial charge in [0.05, 0.1) is 12.3 Å². The second-order valence-electron chi connectivity index (χ2n) is 3.84. The van der Waals surface area contributed by atoms with E-state index in [9.17, 15) is 4.79 Å². The van der Waals surface area contributed by atoms with Crippen LogP contribution in [0.4, 0.5) is 0 Å². The van der Waals surface area contributed by atoms with Gasteiger partial charge in [-0.2, -0.15) is 0 Å². The molecule has 2 rings (SSSR count). The molecule has 1 fully saturated rings. The average Bonchev–Trinajstić information content (AvgIpc) is 2.80. The third kappa shape index (κ3) is 2.59. The van der Waals surface area contributed by atoms with Gasteiger partial charge in [0.25, 0.3) is 0 Å². The standard InChI is InChI=1S/C11H16N2O2S/c1-2-15-11(14)10-13-9(7-16-10)8-4-3-5-12-6-8/h7-8,12H,2-6H2,1H3. The summed E-state index contributed by atoms with van der Waals surface area (Å²) in [6.45, 7) is 4.26. The summed E-state index contributed by atoms with van der Waals surface area (Å²) in [6.07, 6.45) is 2.33. The van der Waals surface area contributed by atoms with E-state index >= 15 is 0 Å². The number of nitrogens with zero attached hydrogens (tertiary/aromatic N) is 1. The topological polar surface area (TPSA) is 51.2 Å². The van der Waals surface area contributed by atoms with E-state index in [1.165, 1.54) is 17.8 Å². The fourth-order valence-electron chi connectivity index (χ4n) is 1.86. The van der Waals surface area contributed by atoms with Crippen molar-refractivity contribution in [3.05, 3.63) is 16.1 Å². The van der Waals surface area contributed by atoms with Crippen LogP contribution in [-0.2, 0) is 4.74 Å². The molecule has 1 aromatic rings. The third-order valence-corrected chi connectivity index (χ3v) is 3.53. The molecule has 0 aliphatic carbocycles. The molecule has 0 spiro atoms. The van der Waals surface area contributed by atoms with Gasteiger partial charge in [0.1, 0.15) is 0 Å². The summed E-state index contributed by atoms with van der Waals surface area (Å²) < 4.78 is 4.92. The number of esters is 1. The number of ether oxygens (including phenoxy) is 1. The van der Waals surface area contributed by atoms with Gasteiger partial charge in [-0.3, -0.25) is 0 Å². The summed E-state index contributed by atoms with van der Waals surface area (Å²) in [5.74, 6) is 0.149. The Hall–Kier alpha value is -0.940. The Balaban J connectivity index is 2.03. The lowest BCUT2D eigenvalue weighted by Crippen LogP contribution is -2.28. The number of carbonyl (C=O) groups is 1. The zero-order valence-electron chi connectivity index (χ0n) is 9.36. The van der Waals surface area contributed by atoms with Crippen molar-refractivity contribution in [1.29, 1.82) is 0 Å². The zero-order valence-corrected chi connectivity index (χ0v) is 10.2. The highest BCUT2D eigenvalue weighted by Crippen LogP contribution is 2.24. The molecular weight excluding hydrogens is 224 g/mol. The first-order valence-electron chi connectivity index (χ1n) is 5.64. The van der Waals surface area contributed by atoms with Crippen LogP contribution in [0.5, 0.6) is 0 Å². The minimum Gasteiger partial charge on any atom is -0.461 e. The van der Waals surface area contributed by atoms with Gasteiger partial charge < -0.3 is 10.1 Å². The van der Waals surface area contributed by atoms with Crippen LogP contribution >= 0.6 is 11.3 Å². The second kappa shape index (κ2) is 5.41. The predicted molar refractivity (Wildman–Crippen MR) is 62.9 cm³/mol. The summed E-state index contributed by atoms with van der Waals surface area (Å²) in [7, 11) is 0. The van der Waals surface area contributed by atoms with E-state index in [-0.39, 0.29) is 5.97 Å². The molecule has 1 aliphatic heterocycles. The Kier molecular flexibility index (Phi) is 3.90. The van der Waals surface area contributed by atoms with Crippen LogP contribution in [-0.4, -0.2) is 30.6 Å². The molecule has 4 nitrogen and oxygen atoms in total. The molecule has 1 aliphatic rings. The summed E-state index contributed by atoms with van der Waals surface area (Å²) in [6, 6.07) is 0. The summed E-state index contributed by atoms with van der Waals surface area (Å²) in [5.41, 5.74) is 1.03. The van der Waals surface area contributed by atoms with Crippen LogP contribution in [0.1, 0.15) is 41.2 Å². The Morgan fingerprint density at radius 3 is 3.31 bits per heavy atom. The molecule has 1 unspecified atom stereocenters. The Morgan fingerprint density at radius 1 is 1.75 bits per heavy atom. The molecule has 1 N–H and O–H groups in total. The van der Waals surface area contributed by atoms with Crippen LogP contribution in [0.15, 0.2) is 5.38 Å². The van der Waals surface area contributed by atoms with Gasteiger partial charge in [-0.1, -0.05) is 0 Å². The first kappa shape index (κ1) is 11.5. The number of thiazole rings is 1. The first-order chi connectivity index (χ1) is 7.81. The van der Waals surface area contributed by atoms with Crippen molar-refractivity contribution in [2.24, 2.45) is 0 Å². The normalized spacial score (nSPS) is 20.7. The number of piperidine rings is 1. The highest BCUT2D eigenvalue weighted by Gasteiger charge is 2.20. The van der Waals surface area contributed by atoms with E-state index in [2.05, 4.69) is 10.3 Å². The van der Waals surface area contributed by atoms with E-state index in [4.69, 9.17) is 4.74 Å². The van der Waals surface area contributed by atoms with Crippen molar-refractivity contribution in [3.8, 4) is 0 Å². The zero-order chi connectivity index (χ0) is 11.4. The molecule has 5 heteroatoms. The quantitative estimate of drug-likeness (QED) is 0.818. The van der Waals surface area contributed by atoms with Crippen molar-refractivity contribution < 1.29 is 9.53 Å².